The lowest BCUT2D eigenvalue weighted by molar-refractivity contribution is -0.119. The van der Waals surface area contributed by atoms with E-state index < -0.39 is 5.91 Å². The fourth-order valence-electron chi connectivity index (χ4n) is 2.64. The van der Waals surface area contributed by atoms with Crippen molar-refractivity contribution in [3.05, 3.63) is 59.9 Å². The van der Waals surface area contributed by atoms with Crippen molar-refractivity contribution in [2.75, 3.05) is 13.7 Å². The molecule has 2 amide bonds. The van der Waals surface area contributed by atoms with Gasteiger partial charge in [-0.25, -0.2) is 0 Å². The predicted octanol–water partition coefficient (Wildman–Crippen LogP) is 2.80. The van der Waals surface area contributed by atoms with Crippen LogP contribution in [-0.4, -0.2) is 25.5 Å². The minimum Gasteiger partial charge on any atom is -0.493 e. The molecule has 3 rings (SSSR count). The zero-order valence-electron chi connectivity index (χ0n) is 15.0. The third-order valence-corrected chi connectivity index (χ3v) is 4.01. The van der Waals surface area contributed by atoms with Gasteiger partial charge in [-0.05, 0) is 37.3 Å². The number of primary amides is 1. The molecule has 7 heteroatoms. The third-order valence-electron chi connectivity index (χ3n) is 4.01. The monoisotopic (exact) mass is 368 g/mol. The van der Waals surface area contributed by atoms with Crippen molar-refractivity contribution in [3.8, 4) is 11.5 Å². The van der Waals surface area contributed by atoms with Gasteiger partial charge < -0.3 is 24.9 Å². The Morgan fingerprint density at radius 1 is 1.15 bits per heavy atom. The quantitative estimate of drug-likeness (QED) is 0.667. The van der Waals surface area contributed by atoms with Gasteiger partial charge in [-0.3, -0.25) is 9.59 Å². The number of ether oxygens (including phenoxy) is 2. The predicted molar refractivity (Wildman–Crippen MR) is 99.8 cm³/mol. The number of benzene rings is 2. The summed E-state index contributed by atoms with van der Waals surface area (Å²) in [6.07, 6.45) is 0. The average molecular weight is 368 g/mol. The van der Waals surface area contributed by atoms with E-state index in [0.717, 1.165) is 11.0 Å². The molecule has 0 saturated heterocycles. The molecule has 0 radical (unpaired) electrons. The van der Waals surface area contributed by atoms with Gasteiger partial charge in [0.25, 0.3) is 11.8 Å². The Balaban J connectivity index is 1.73. The SMILES string of the molecule is COc1cc(C(=O)N[C@@H](C)c2cc3ccccc3o2)ccc1OCC(N)=O. The zero-order chi connectivity index (χ0) is 19.4. The highest BCUT2D eigenvalue weighted by atomic mass is 16.5. The Hall–Kier alpha value is -3.48. The Labute approximate surface area is 156 Å². The molecule has 1 aromatic heterocycles. The first-order chi connectivity index (χ1) is 13.0. The van der Waals surface area contributed by atoms with Crippen LogP contribution in [0.1, 0.15) is 29.1 Å². The lowest BCUT2D eigenvalue weighted by Gasteiger charge is -2.14. The van der Waals surface area contributed by atoms with E-state index in [1.165, 1.54) is 13.2 Å². The van der Waals surface area contributed by atoms with Crippen LogP contribution in [0.2, 0.25) is 0 Å². The molecule has 0 fully saturated rings. The molecule has 1 heterocycles. The summed E-state index contributed by atoms with van der Waals surface area (Å²) in [4.78, 5) is 23.4. The zero-order valence-corrected chi connectivity index (χ0v) is 15.0. The van der Waals surface area contributed by atoms with Crippen molar-refractivity contribution in [3.63, 3.8) is 0 Å². The van der Waals surface area contributed by atoms with Crippen LogP contribution in [0.4, 0.5) is 0 Å². The standard InChI is InChI=1S/C20H20N2O5/c1-12(17-9-13-5-3-4-6-15(13)27-17)22-20(24)14-7-8-16(18(10-14)25-2)26-11-19(21)23/h3-10,12H,11H2,1-2H3,(H2,21,23)(H,22,24)/t12-/m0/s1. The molecule has 0 aliphatic carbocycles. The van der Waals surface area contributed by atoms with Gasteiger partial charge in [0.15, 0.2) is 18.1 Å². The molecule has 1 atom stereocenters. The van der Waals surface area contributed by atoms with E-state index in [9.17, 15) is 9.59 Å². The highest BCUT2D eigenvalue weighted by Crippen LogP contribution is 2.29. The molecule has 3 aromatic rings. The minimum atomic E-state index is -0.599. The number of para-hydroxylation sites is 1. The number of furan rings is 1. The maximum Gasteiger partial charge on any atom is 0.255 e. The number of fused-ring (bicyclic) bond motifs is 1. The van der Waals surface area contributed by atoms with Crippen LogP contribution < -0.4 is 20.5 Å². The topological polar surface area (TPSA) is 104 Å². The summed E-state index contributed by atoms with van der Waals surface area (Å²) in [6.45, 7) is 1.57. The van der Waals surface area contributed by atoms with E-state index in [2.05, 4.69) is 5.32 Å². The Kier molecular flexibility index (Phi) is 5.30. The Morgan fingerprint density at radius 3 is 2.63 bits per heavy atom. The fourth-order valence-corrected chi connectivity index (χ4v) is 2.64. The van der Waals surface area contributed by atoms with Gasteiger partial charge >= 0.3 is 0 Å². The lowest BCUT2D eigenvalue weighted by Crippen LogP contribution is -2.26. The van der Waals surface area contributed by atoms with Crippen molar-refractivity contribution < 1.29 is 23.5 Å². The molecule has 0 saturated carbocycles. The minimum absolute atomic E-state index is 0.273. The second-order valence-electron chi connectivity index (χ2n) is 6.00. The van der Waals surface area contributed by atoms with Crippen LogP contribution in [0.25, 0.3) is 11.0 Å². The van der Waals surface area contributed by atoms with Gasteiger partial charge in [0.2, 0.25) is 0 Å². The van der Waals surface area contributed by atoms with Gasteiger partial charge in [0, 0.05) is 10.9 Å². The molecule has 3 N–H and O–H groups in total. The maximum atomic E-state index is 12.6. The van der Waals surface area contributed by atoms with Crippen LogP contribution in [0.5, 0.6) is 11.5 Å². The molecule has 0 aliphatic rings. The second kappa shape index (κ2) is 7.82. The number of nitrogens with two attached hydrogens (primary N) is 1. The average Bonchev–Trinajstić information content (AvgIpc) is 3.10. The number of carbonyl (C=O) groups excluding carboxylic acids is 2. The van der Waals surface area contributed by atoms with Crippen LogP contribution >= 0.6 is 0 Å². The van der Waals surface area contributed by atoms with Crippen LogP contribution in [0.15, 0.2) is 52.9 Å². The van der Waals surface area contributed by atoms with Gasteiger partial charge in [-0.2, -0.15) is 0 Å². The van der Waals surface area contributed by atoms with Gasteiger partial charge in [0.05, 0.1) is 13.2 Å². The number of hydrogen-bond donors (Lipinski definition) is 2. The van der Waals surface area contributed by atoms with E-state index in [4.69, 9.17) is 19.6 Å². The van der Waals surface area contributed by atoms with E-state index in [1.807, 2.05) is 37.3 Å². The summed E-state index contributed by atoms with van der Waals surface area (Å²) in [5.41, 5.74) is 6.23. The van der Waals surface area contributed by atoms with E-state index in [1.54, 1.807) is 12.1 Å². The number of methoxy groups -OCH3 is 1. The molecule has 0 aliphatic heterocycles. The van der Waals surface area contributed by atoms with Crippen molar-refractivity contribution >= 4 is 22.8 Å². The molecular formula is C20H20N2O5. The normalized spacial score (nSPS) is 11.8. The second-order valence-corrected chi connectivity index (χ2v) is 6.00. The van der Waals surface area contributed by atoms with Crippen molar-refractivity contribution in [2.24, 2.45) is 5.73 Å². The molecule has 140 valence electrons. The first-order valence-corrected chi connectivity index (χ1v) is 8.36. The van der Waals surface area contributed by atoms with Crippen LogP contribution in [0, 0.1) is 0 Å². The largest absolute Gasteiger partial charge is 0.493 e. The Bertz CT molecular complexity index is 946. The molecule has 0 spiro atoms. The summed E-state index contributed by atoms with van der Waals surface area (Å²) in [5, 5.41) is 3.87. The summed E-state index contributed by atoms with van der Waals surface area (Å²) >= 11 is 0. The first kappa shape index (κ1) is 18.3. The maximum absolute atomic E-state index is 12.6. The van der Waals surface area contributed by atoms with Crippen molar-refractivity contribution in [1.82, 2.24) is 5.32 Å². The van der Waals surface area contributed by atoms with E-state index >= 15 is 0 Å². The van der Waals surface area contributed by atoms with E-state index in [0.29, 0.717) is 22.8 Å². The molecular weight excluding hydrogens is 348 g/mol. The highest BCUT2D eigenvalue weighted by molar-refractivity contribution is 5.95. The van der Waals surface area contributed by atoms with Gasteiger partial charge in [0.1, 0.15) is 11.3 Å². The van der Waals surface area contributed by atoms with Crippen molar-refractivity contribution in [2.45, 2.75) is 13.0 Å². The smallest absolute Gasteiger partial charge is 0.255 e. The molecule has 0 unspecified atom stereocenters. The summed E-state index contributed by atoms with van der Waals surface area (Å²) in [7, 11) is 1.45. The number of amides is 2. The summed E-state index contributed by atoms with van der Waals surface area (Å²) < 4.78 is 16.3. The molecule has 2 aromatic carbocycles. The van der Waals surface area contributed by atoms with E-state index in [-0.39, 0.29) is 18.6 Å². The third kappa shape index (κ3) is 4.20. The van der Waals surface area contributed by atoms with Crippen LogP contribution in [-0.2, 0) is 4.79 Å². The molecule has 7 nitrogen and oxygen atoms in total. The van der Waals surface area contributed by atoms with Crippen molar-refractivity contribution in [1.29, 1.82) is 0 Å². The van der Waals surface area contributed by atoms with Gasteiger partial charge in [-0.15, -0.1) is 0 Å². The Morgan fingerprint density at radius 2 is 1.93 bits per heavy atom. The fraction of sp³-hybridized carbons (Fsp3) is 0.200. The molecule has 0 bridgehead atoms. The summed E-state index contributed by atoms with van der Waals surface area (Å²) in [6, 6.07) is 13.9. The number of carbonyl (C=O) groups is 2. The first-order valence-electron chi connectivity index (χ1n) is 8.36. The highest BCUT2D eigenvalue weighted by Gasteiger charge is 2.17. The summed E-state index contributed by atoms with van der Waals surface area (Å²) in [5.74, 6) is 0.442. The lowest BCUT2D eigenvalue weighted by atomic mass is 10.1. The molecule has 27 heavy (non-hydrogen) atoms. The van der Waals surface area contributed by atoms with Gasteiger partial charge in [-0.1, -0.05) is 18.2 Å². The number of rotatable bonds is 7. The number of nitrogens with one attached hydrogen (secondary N) is 1. The number of hydrogen-bond acceptors (Lipinski definition) is 5. The van der Waals surface area contributed by atoms with Crippen LogP contribution in [0.3, 0.4) is 0 Å².